The smallest absolute Gasteiger partial charge is 0.178 e. The van der Waals surface area contributed by atoms with Crippen LogP contribution in [0.25, 0.3) is 0 Å². The first-order chi connectivity index (χ1) is 7.40. The molecule has 0 atom stereocenters. The van der Waals surface area contributed by atoms with E-state index in [1.807, 2.05) is 13.1 Å². The molecule has 0 saturated heterocycles. The lowest BCUT2D eigenvalue weighted by molar-refractivity contribution is 0.803. The largest absolute Gasteiger partial charge is 0.316 e. The van der Waals surface area contributed by atoms with Crippen LogP contribution < -0.4 is 5.32 Å². The Balaban J connectivity index is 2.20. The summed E-state index contributed by atoms with van der Waals surface area (Å²) in [5.41, 5.74) is 3.04. The number of hydrogen-bond acceptors (Lipinski definition) is 5. The lowest BCUT2D eigenvalue weighted by atomic mass is 10.2. The molecule has 15 heavy (non-hydrogen) atoms. The Kier molecular flexibility index (Phi) is 3.71. The Hall–Kier alpha value is -0.910. The highest BCUT2D eigenvalue weighted by atomic mass is 32.2. The second kappa shape index (κ2) is 5.25. The summed E-state index contributed by atoms with van der Waals surface area (Å²) < 4.78 is 0.985. The average Bonchev–Trinajstić information content (AvgIpc) is 2.74. The number of aromatic nitrogens is 2. The third kappa shape index (κ3) is 2.77. The van der Waals surface area contributed by atoms with Gasteiger partial charge in [0.2, 0.25) is 0 Å². The molecule has 0 saturated carbocycles. The molecule has 0 radical (unpaired) electrons. The van der Waals surface area contributed by atoms with E-state index in [4.69, 9.17) is 0 Å². The minimum Gasteiger partial charge on any atom is -0.316 e. The molecule has 2 rings (SSSR count). The molecule has 0 fully saturated rings. The molecule has 0 aliphatic rings. The van der Waals surface area contributed by atoms with E-state index < -0.39 is 0 Å². The number of rotatable bonds is 4. The zero-order valence-electron chi connectivity index (χ0n) is 8.30. The van der Waals surface area contributed by atoms with Crippen LogP contribution in [0.4, 0.5) is 0 Å². The maximum absolute atomic E-state index is 4.02. The second-order valence-corrected chi connectivity index (χ2v) is 5.07. The fraction of sp³-hybridized carbons (Fsp3) is 0.200. The summed E-state index contributed by atoms with van der Waals surface area (Å²) in [6.07, 6.45) is 0. The molecule has 1 aromatic carbocycles. The van der Waals surface area contributed by atoms with Gasteiger partial charge < -0.3 is 5.32 Å². The van der Waals surface area contributed by atoms with Crippen molar-refractivity contribution in [1.82, 2.24) is 15.5 Å². The third-order valence-electron chi connectivity index (χ3n) is 1.88. The predicted octanol–water partition coefficient (Wildman–Crippen LogP) is 2.41. The van der Waals surface area contributed by atoms with E-state index in [1.165, 1.54) is 10.5 Å². The van der Waals surface area contributed by atoms with Gasteiger partial charge in [0.25, 0.3) is 0 Å². The van der Waals surface area contributed by atoms with Gasteiger partial charge in [0.05, 0.1) is 0 Å². The van der Waals surface area contributed by atoms with E-state index in [1.54, 1.807) is 28.6 Å². The summed E-state index contributed by atoms with van der Waals surface area (Å²) in [6.45, 7) is 0.877. The molecule has 3 nitrogen and oxygen atoms in total. The zero-order chi connectivity index (χ0) is 10.5. The maximum atomic E-state index is 4.02. The van der Waals surface area contributed by atoms with Crippen LogP contribution in [0, 0.1) is 0 Å². The van der Waals surface area contributed by atoms with E-state index in [2.05, 4.69) is 33.7 Å². The van der Waals surface area contributed by atoms with E-state index in [9.17, 15) is 0 Å². The molecular weight excluding hydrogens is 226 g/mol. The highest BCUT2D eigenvalue weighted by Crippen LogP contribution is 2.30. The van der Waals surface area contributed by atoms with Crippen LogP contribution in [-0.2, 0) is 6.54 Å². The van der Waals surface area contributed by atoms with Crippen molar-refractivity contribution in [3.63, 3.8) is 0 Å². The molecule has 0 aliphatic heterocycles. The van der Waals surface area contributed by atoms with E-state index in [0.29, 0.717) is 0 Å². The molecule has 0 bridgehead atoms. The van der Waals surface area contributed by atoms with E-state index in [-0.39, 0.29) is 0 Å². The number of nitrogens with zero attached hydrogens (tertiary/aromatic N) is 2. The number of benzene rings is 1. The number of hydrogen-bond donors (Lipinski definition) is 1. The van der Waals surface area contributed by atoms with Crippen LogP contribution in [0.5, 0.6) is 0 Å². The number of nitrogens with one attached hydrogen (secondary N) is 1. The summed E-state index contributed by atoms with van der Waals surface area (Å²) >= 11 is 3.23. The van der Waals surface area contributed by atoms with Gasteiger partial charge >= 0.3 is 0 Å². The molecule has 0 amide bonds. The Morgan fingerprint density at radius 2 is 2.27 bits per heavy atom. The average molecular weight is 237 g/mol. The standard InChI is InChI=1S/C10H11N3S2/c1-11-6-8-4-2-3-5-9(8)15-10-13-12-7-14-10/h2-5,7,11H,6H2,1H3. The minimum absolute atomic E-state index is 0.877. The minimum atomic E-state index is 0.877. The lowest BCUT2D eigenvalue weighted by Crippen LogP contribution is -2.05. The van der Waals surface area contributed by atoms with Crippen LogP contribution in [-0.4, -0.2) is 17.2 Å². The second-order valence-electron chi connectivity index (χ2n) is 2.94. The molecule has 0 spiro atoms. The molecule has 0 unspecified atom stereocenters. The van der Waals surface area contributed by atoms with Crippen molar-refractivity contribution in [2.24, 2.45) is 0 Å². The van der Waals surface area contributed by atoms with Crippen molar-refractivity contribution >= 4 is 23.1 Å². The van der Waals surface area contributed by atoms with E-state index >= 15 is 0 Å². The third-order valence-corrected chi connectivity index (χ3v) is 3.77. The van der Waals surface area contributed by atoms with Crippen LogP contribution in [0.15, 0.2) is 39.0 Å². The van der Waals surface area contributed by atoms with Crippen molar-refractivity contribution in [3.05, 3.63) is 35.3 Å². The summed E-state index contributed by atoms with van der Waals surface area (Å²) in [4.78, 5) is 1.24. The SMILES string of the molecule is CNCc1ccccc1Sc1nncs1. The molecule has 1 heterocycles. The molecule has 0 aliphatic carbocycles. The van der Waals surface area contributed by atoms with Crippen molar-refractivity contribution in [2.45, 2.75) is 15.8 Å². The Labute approximate surface area is 96.9 Å². The van der Waals surface area contributed by atoms with Crippen LogP contribution in [0.1, 0.15) is 5.56 Å². The van der Waals surface area contributed by atoms with Gasteiger partial charge in [-0.1, -0.05) is 41.3 Å². The summed E-state index contributed by atoms with van der Waals surface area (Å²) in [7, 11) is 1.95. The highest BCUT2D eigenvalue weighted by molar-refractivity contribution is 8.01. The monoisotopic (exact) mass is 237 g/mol. The summed E-state index contributed by atoms with van der Waals surface area (Å²) in [5.74, 6) is 0. The first kappa shape index (κ1) is 10.6. The van der Waals surface area contributed by atoms with Crippen LogP contribution >= 0.6 is 23.1 Å². The Bertz CT molecular complexity index is 414. The van der Waals surface area contributed by atoms with Gasteiger partial charge in [0, 0.05) is 11.4 Å². The normalized spacial score (nSPS) is 10.5. The van der Waals surface area contributed by atoms with Crippen molar-refractivity contribution in [2.75, 3.05) is 7.05 Å². The van der Waals surface area contributed by atoms with Crippen LogP contribution in [0.2, 0.25) is 0 Å². The van der Waals surface area contributed by atoms with Gasteiger partial charge in [0.1, 0.15) is 5.51 Å². The van der Waals surface area contributed by atoms with Gasteiger partial charge in [-0.05, 0) is 18.7 Å². The summed E-state index contributed by atoms with van der Waals surface area (Å²) in [5, 5.41) is 11.0. The fourth-order valence-electron chi connectivity index (χ4n) is 1.24. The zero-order valence-corrected chi connectivity index (χ0v) is 9.94. The Morgan fingerprint density at radius 3 is 3.00 bits per heavy atom. The van der Waals surface area contributed by atoms with Gasteiger partial charge in [-0.3, -0.25) is 0 Å². The maximum Gasteiger partial charge on any atom is 0.178 e. The first-order valence-electron chi connectivity index (χ1n) is 4.56. The topological polar surface area (TPSA) is 37.8 Å². The molecule has 2 aromatic rings. The van der Waals surface area contributed by atoms with Gasteiger partial charge in [0.15, 0.2) is 4.34 Å². The van der Waals surface area contributed by atoms with Gasteiger partial charge in [-0.2, -0.15) is 0 Å². The fourth-order valence-corrected chi connectivity index (χ4v) is 2.80. The molecule has 5 heteroatoms. The molecule has 1 N–H and O–H groups in total. The van der Waals surface area contributed by atoms with Crippen molar-refractivity contribution in [3.8, 4) is 0 Å². The van der Waals surface area contributed by atoms with Crippen molar-refractivity contribution in [1.29, 1.82) is 0 Å². The van der Waals surface area contributed by atoms with Crippen LogP contribution in [0.3, 0.4) is 0 Å². The molecule has 1 aromatic heterocycles. The predicted molar refractivity (Wildman–Crippen MR) is 63.2 cm³/mol. The first-order valence-corrected chi connectivity index (χ1v) is 6.26. The quantitative estimate of drug-likeness (QED) is 0.886. The lowest BCUT2D eigenvalue weighted by Gasteiger charge is -2.05. The van der Waals surface area contributed by atoms with E-state index in [0.717, 1.165) is 10.9 Å². The molecule has 78 valence electrons. The Morgan fingerprint density at radius 1 is 1.40 bits per heavy atom. The highest BCUT2D eigenvalue weighted by Gasteiger charge is 2.04. The summed E-state index contributed by atoms with van der Waals surface area (Å²) in [6, 6.07) is 8.33. The van der Waals surface area contributed by atoms with Gasteiger partial charge in [-0.25, -0.2) is 0 Å². The van der Waals surface area contributed by atoms with Gasteiger partial charge in [-0.15, -0.1) is 10.2 Å². The molecular formula is C10H11N3S2. The van der Waals surface area contributed by atoms with Crippen molar-refractivity contribution < 1.29 is 0 Å².